The minimum atomic E-state index is -0.206. The average molecular weight is 362 g/mol. The van der Waals surface area contributed by atoms with E-state index in [9.17, 15) is 4.79 Å². The molecule has 3 rings (SSSR count). The molecule has 0 aliphatic carbocycles. The summed E-state index contributed by atoms with van der Waals surface area (Å²) in [6.07, 6.45) is 1.09. The van der Waals surface area contributed by atoms with Gasteiger partial charge in [-0.05, 0) is 25.0 Å². The second-order valence-corrected chi connectivity index (χ2v) is 5.75. The zero-order valence-electron chi connectivity index (χ0n) is 13.3. The van der Waals surface area contributed by atoms with Gasteiger partial charge in [0.15, 0.2) is 0 Å². The van der Waals surface area contributed by atoms with Gasteiger partial charge in [0.25, 0.3) is 0 Å². The number of ether oxygens (including phenoxy) is 1. The van der Waals surface area contributed by atoms with Crippen molar-refractivity contribution in [1.29, 1.82) is 0 Å². The zero-order chi connectivity index (χ0) is 14.7. The minimum absolute atomic E-state index is 0. The maximum absolute atomic E-state index is 12.0. The molecule has 2 heterocycles. The third-order valence-electron chi connectivity index (χ3n) is 4.24. The molecule has 2 N–H and O–H groups in total. The Morgan fingerprint density at radius 3 is 2.91 bits per heavy atom. The molecule has 23 heavy (non-hydrogen) atoms. The normalized spacial score (nSPS) is 22.6. The average Bonchev–Trinajstić information content (AvgIpc) is 2.84. The van der Waals surface area contributed by atoms with Gasteiger partial charge in [-0.1, -0.05) is 18.2 Å². The van der Waals surface area contributed by atoms with Crippen LogP contribution in [-0.4, -0.2) is 50.8 Å². The predicted molar refractivity (Wildman–Crippen MR) is 97.1 cm³/mol. The van der Waals surface area contributed by atoms with Crippen LogP contribution >= 0.6 is 24.8 Å². The van der Waals surface area contributed by atoms with E-state index in [4.69, 9.17) is 4.74 Å². The molecule has 1 aromatic rings. The van der Waals surface area contributed by atoms with E-state index in [1.807, 2.05) is 0 Å². The zero-order valence-corrected chi connectivity index (χ0v) is 14.9. The van der Waals surface area contributed by atoms with Gasteiger partial charge < -0.3 is 20.3 Å². The number of hydrogen-bond acceptors (Lipinski definition) is 4. The highest BCUT2D eigenvalue weighted by atomic mass is 35.5. The topological polar surface area (TPSA) is 53.6 Å². The third kappa shape index (κ3) is 4.73. The number of nitrogens with zero attached hydrogens (tertiary/aromatic N) is 1. The van der Waals surface area contributed by atoms with Gasteiger partial charge in [-0.25, -0.2) is 0 Å². The van der Waals surface area contributed by atoms with Crippen LogP contribution in [0.5, 0.6) is 0 Å². The van der Waals surface area contributed by atoms with Crippen LogP contribution in [-0.2, 0) is 16.0 Å². The number of para-hydroxylation sites is 1. The highest BCUT2D eigenvalue weighted by Crippen LogP contribution is 2.31. The van der Waals surface area contributed by atoms with Crippen LogP contribution in [0.25, 0.3) is 0 Å². The molecule has 1 aromatic carbocycles. The van der Waals surface area contributed by atoms with E-state index >= 15 is 0 Å². The maximum atomic E-state index is 12.0. The molecule has 2 unspecified atom stereocenters. The van der Waals surface area contributed by atoms with E-state index in [-0.39, 0.29) is 36.8 Å². The van der Waals surface area contributed by atoms with Gasteiger partial charge in [0.1, 0.15) is 6.04 Å². The lowest BCUT2D eigenvalue weighted by Crippen LogP contribution is -2.52. The number of morpholine rings is 1. The molecule has 0 radical (unpaired) electrons. The molecule has 1 saturated heterocycles. The Hall–Kier alpha value is -1.01. The molecule has 2 aliphatic heterocycles. The van der Waals surface area contributed by atoms with Gasteiger partial charge in [0.2, 0.25) is 5.91 Å². The van der Waals surface area contributed by atoms with Crippen molar-refractivity contribution >= 4 is 36.4 Å². The lowest BCUT2D eigenvalue weighted by molar-refractivity contribution is -0.125. The number of carbonyl (C=O) groups is 1. The Bertz CT molecular complexity index is 510. The van der Waals surface area contributed by atoms with Gasteiger partial charge in [-0.2, -0.15) is 0 Å². The van der Waals surface area contributed by atoms with Gasteiger partial charge >= 0.3 is 0 Å². The molecule has 1 fully saturated rings. The van der Waals surface area contributed by atoms with Crippen LogP contribution in [0.2, 0.25) is 0 Å². The molecule has 2 atom stereocenters. The van der Waals surface area contributed by atoms with Gasteiger partial charge in [-0.15, -0.1) is 24.8 Å². The summed E-state index contributed by atoms with van der Waals surface area (Å²) in [5.41, 5.74) is 2.71. The summed E-state index contributed by atoms with van der Waals surface area (Å²) >= 11 is 0. The largest absolute Gasteiger partial charge is 0.378 e. The lowest BCUT2D eigenvalue weighted by atomic mass is 10.1. The standard InChI is InChI=1S/C16H23N3O2.2ClH/c1-12-10-13-4-2-3-5-15(13)19(12)8-6-18-16(20)14-11-21-9-7-17-14;;/h2-5,12,14,17H,6-11H2,1H3,(H,18,20);2*1H. The van der Waals surface area contributed by atoms with Crippen LogP contribution in [0, 0.1) is 0 Å². The third-order valence-corrected chi connectivity index (χ3v) is 4.24. The SMILES string of the molecule is CC1Cc2ccccc2N1CCNC(=O)C1COCCN1.Cl.Cl. The van der Waals surface area contributed by atoms with Crippen molar-refractivity contribution in [3.8, 4) is 0 Å². The first kappa shape index (κ1) is 20.0. The van der Waals surface area contributed by atoms with E-state index < -0.39 is 0 Å². The van der Waals surface area contributed by atoms with Crippen molar-refractivity contribution in [2.45, 2.75) is 25.4 Å². The summed E-state index contributed by atoms with van der Waals surface area (Å²) < 4.78 is 5.31. The second kappa shape index (κ2) is 9.33. The highest BCUT2D eigenvalue weighted by Gasteiger charge is 2.25. The number of nitrogens with one attached hydrogen (secondary N) is 2. The quantitative estimate of drug-likeness (QED) is 0.850. The molecule has 7 heteroatoms. The molecule has 0 aromatic heterocycles. The first-order valence-electron chi connectivity index (χ1n) is 7.69. The Morgan fingerprint density at radius 1 is 1.39 bits per heavy atom. The molecule has 1 amide bonds. The van der Waals surface area contributed by atoms with Gasteiger partial charge in [0.05, 0.1) is 13.2 Å². The number of carbonyl (C=O) groups excluding carboxylic acids is 1. The summed E-state index contributed by atoms with van der Waals surface area (Å²) in [5, 5.41) is 6.18. The number of rotatable bonds is 4. The summed E-state index contributed by atoms with van der Waals surface area (Å²) in [7, 11) is 0. The Kier molecular flexibility index (Phi) is 8.12. The molecule has 0 spiro atoms. The van der Waals surface area contributed by atoms with Crippen molar-refractivity contribution in [3.63, 3.8) is 0 Å². The molecule has 2 aliphatic rings. The summed E-state index contributed by atoms with van der Waals surface area (Å²) in [4.78, 5) is 14.4. The number of anilines is 1. The fourth-order valence-corrected chi connectivity index (χ4v) is 3.13. The van der Waals surface area contributed by atoms with Crippen molar-refractivity contribution in [3.05, 3.63) is 29.8 Å². The number of fused-ring (bicyclic) bond motifs is 1. The smallest absolute Gasteiger partial charge is 0.239 e. The number of hydrogen-bond donors (Lipinski definition) is 2. The van der Waals surface area contributed by atoms with Crippen molar-refractivity contribution in [2.24, 2.45) is 0 Å². The fraction of sp³-hybridized carbons (Fsp3) is 0.562. The Balaban J connectivity index is 0.00000132. The molecule has 0 saturated carbocycles. The molecular weight excluding hydrogens is 337 g/mol. The fourth-order valence-electron chi connectivity index (χ4n) is 3.13. The lowest BCUT2D eigenvalue weighted by Gasteiger charge is -2.26. The van der Waals surface area contributed by atoms with Crippen LogP contribution in [0.3, 0.4) is 0 Å². The summed E-state index contributed by atoms with van der Waals surface area (Å²) in [6, 6.07) is 8.81. The molecule has 5 nitrogen and oxygen atoms in total. The number of halogens is 2. The van der Waals surface area contributed by atoms with Gasteiger partial charge in [-0.3, -0.25) is 4.79 Å². The van der Waals surface area contributed by atoms with E-state index in [1.165, 1.54) is 11.3 Å². The predicted octanol–water partition coefficient (Wildman–Crippen LogP) is 1.39. The van der Waals surface area contributed by atoms with E-state index in [2.05, 4.69) is 46.7 Å². The Labute approximate surface area is 150 Å². The number of benzene rings is 1. The highest BCUT2D eigenvalue weighted by molar-refractivity contribution is 5.85. The number of amides is 1. The molecule has 0 bridgehead atoms. The summed E-state index contributed by atoms with van der Waals surface area (Å²) in [5.74, 6) is 0.0369. The molecule has 130 valence electrons. The van der Waals surface area contributed by atoms with Crippen molar-refractivity contribution < 1.29 is 9.53 Å². The second-order valence-electron chi connectivity index (χ2n) is 5.75. The molecular formula is C16H25Cl2N3O2. The van der Waals surface area contributed by atoms with E-state index in [1.54, 1.807) is 0 Å². The van der Waals surface area contributed by atoms with Crippen molar-refractivity contribution in [2.75, 3.05) is 37.7 Å². The monoisotopic (exact) mass is 361 g/mol. The van der Waals surface area contributed by atoms with Crippen LogP contribution in [0.15, 0.2) is 24.3 Å². The van der Waals surface area contributed by atoms with E-state index in [0.717, 1.165) is 19.5 Å². The first-order valence-corrected chi connectivity index (χ1v) is 7.69. The van der Waals surface area contributed by atoms with E-state index in [0.29, 0.717) is 25.8 Å². The first-order chi connectivity index (χ1) is 10.3. The minimum Gasteiger partial charge on any atom is -0.378 e. The van der Waals surface area contributed by atoms with Crippen LogP contribution < -0.4 is 15.5 Å². The van der Waals surface area contributed by atoms with Crippen molar-refractivity contribution in [1.82, 2.24) is 10.6 Å². The van der Waals surface area contributed by atoms with Crippen LogP contribution in [0.1, 0.15) is 12.5 Å². The Morgan fingerprint density at radius 2 is 2.17 bits per heavy atom. The summed E-state index contributed by atoms with van der Waals surface area (Å²) in [6.45, 7) is 5.64. The van der Waals surface area contributed by atoms with Gasteiger partial charge in [0, 0.05) is 31.4 Å². The maximum Gasteiger partial charge on any atom is 0.239 e. The van der Waals surface area contributed by atoms with Crippen LogP contribution in [0.4, 0.5) is 5.69 Å².